The lowest BCUT2D eigenvalue weighted by Crippen LogP contribution is -2.35. The first-order chi connectivity index (χ1) is 7.48. The Balaban J connectivity index is 3.23. The summed E-state index contributed by atoms with van der Waals surface area (Å²) >= 11 is 0. The molecule has 0 aromatic heterocycles. The fraction of sp³-hybridized carbons (Fsp3) is 0.818. The quantitative estimate of drug-likeness (QED) is 0.538. The Kier molecular flexibility index (Phi) is 7.31. The molecule has 0 aromatic rings. The van der Waals surface area contributed by atoms with Gasteiger partial charge in [-0.25, -0.2) is 4.79 Å². The molecular formula is C11H22N4O. The Hall–Kier alpha value is -1.28. The Morgan fingerprint density at radius 2 is 2.00 bits per heavy atom. The predicted octanol–water partition coefficient (Wildman–Crippen LogP) is 0.964. The van der Waals surface area contributed by atoms with E-state index in [1.54, 1.807) is 0 Å². The first-order valence-corrected chi connectivity index (χ1v) is 5.63. The summed E-state index contributed by atoms with van der Waals surface area (Å²) in [6.45, 7) is 6.10. The number of nitrogens with two attached hydrogens (primary N) is 1. The zero-order valence-corrected chi connectivity index (χ0v) is 10.2. The number of carbonyl (C=O) groups is 1. The number of nitrogens with zero attached hydrogens (tertiary/aromatic N) is 1. The van der Waals surface area contributed by atoms with Crippen molar-refractivity contribution in [3.05, 3.63) is 0 Å². The molecule has 5 nitrogen and oxygen atoms in total. The third-order valence-electron chi connectivity index (χ3n) is 2.31. The van der Waals surface area contributed by atoms with Crippen LogP contribution in [0.4, 0.5) is 4.79 Å². The molecule has 0 fully saturated rings. The van der Waals surface area contributed by atoms with Crippen molar-refractivity contribution >= 4 is 6.03 Å². The Morgan fingerprint density at radius 1 is 1.31 bits per heavy atom. The van der Waals surface area contributed by atoms with E-state index in [0.717, 1.165) is 32.4 Å². The van der Waals surface area contributed by atoms with Crippen molar-refractivity contribution in [2.45, 2.75) is 33.1 Å². The Bertz CT molecular complexity index is 245. The van der Waals surface area contributed by atoms with E-state index in [1.807, 2.05) is 13.8 Å². The summed E-state index contributed by atoms with van der Waals surface area (Å²) in [5, 5.41) is 14.5. The molecule has 0 rings (SSSR count). The van der Waals surface area contributed by atoms with Crippen LogP contribution in [0.5, 0.6) is 0 Å². The number of amides is 2. The molecule has 0 aliphatic heterocycles. The van der Waals surface area contributed by atoms with Crippen LogP contribution in [0, 0.1) is 16.7 Å². The van der Waals surface area contributed by atoms with Crippen LogP contribution < -0.4 is 16.4 Å². The summed E-state index contributed by atoms with van der Waals surface area (Å²) in [6, 6.07) is 1.79. The van der Waals surface area contributed by atoms with Crippen LogP contribution in [0.25, 0.3) is 0 Å². The molecule has 0 radical (unpaired) electrons. The second-order valence-corrected chi connectivity index (χ2v) is 4.49. The first-order valence-electron chi connectivity index (χ1n) is 5.63. The molecular weight excluding hydrogens is 204 g/mol. The van der Waals surface area contributed by atoms with E-state index in [0.29, 0.717) is 6.54 Å². The molecule has 0 saturated carbocycles. The van der Waals surface area contributed by atoms with Gasteiger partial charge in [-0.1, -0.05) is 6.42 Å². The molecule has 0 aliphatic rings. The second-order valence-electron chi connectivity index (χ2n) is 4.49. The number of unbranched alkanes of at least 4 members (excludes halogenated alkanes) is 1. The molecule has 0 bridgehead atoms. The summed E-state index contributed by atoms with van der Waals surface area (Å²) in [5.41, 5.74) is 4.69. The van der Waals surface area contributed by atoms with Crippen molar-refractivity contribution in [3.63, 3.8) is 0 Å². The van der Waals surface area contributed by atoms with Crippen molar-refractivity contribution in [1.82, 2.24) is 10.6 Å². The van der Waals surface area contributed by atoms with Crippen LogP contribution in [0.3, 0.4) is 0 Å². The lowest BCUT2D eigenvalue weighted by molar-refractivity contribution is 0.249. The number of nitrogens with one attached hydrogen (secondary N) is 2. The van der Waals surface area contributed by atoms with E-state index in [9.17, 15) is 4.79 Å². The van der Waals surface area contributed by atoms with Crippen molar-refractivity contribution < 1.29 is 4.79 Å². The highest BCUT2D eigenvalue weighted by Crippen LogP contribution is 2.21. The van der Waals surface area contributed by atoms with Crippen LogP contribution in [-0.2, 0) is 0 Å². The Morgan fingerprint density at radius 3 is 2.56 bits per heavy atom. The SMILES string of the molecule is CC(C)(C#N)CCCCNCCNC(N)=O. The molecule has 0 spiro atoms. The largest absolute Gasteiger partial charge is 0.352 e. The summed E-state index contributed by atoms with van der Waals surface area (Å²) in [4.78, 5) is 10.3. The van der Waals surface area contributed by atoms with Gasteiger partial charge in [0.15, 0.2) is 0 Å². The van der Waals surface area contributed by atoms with E-state index in [4.69, 9.17) is 11.0 Å². The van der Waals surface area contributed by atoms with Gasteiger partial charge in [0, 0.05) is 13.1 Å². The lowest BCUT2D eigenvalue weighted by Gasteiger charge is -2.14. The van der Waals surface area contributed by atoms with E-state index in [2.05, 4.69) is 16.7 Å². The molecule has 0 unspecified atom stereocenters. The number of hydrogen-bond donors (Lipinski definition) is 3. The molecule has 0 aliphatic carbocycles. The van der Waals surface area contributed by atoms with Gasteiger partial charge < -0.3 is 16.4 Å². The monoisotopic (exact) mass is 226 g/mol. The van der Waals surface area contributed by atoms with Gasteiger partial charge in [-0.15, -0.1) is 0 Å². The normalized spacial score (nSPS) is 10.8. The number of nitriles is 1. The maximum Gasteiger partial charge on any atom is 0.312 e. The number of carbonyl (C=O) groups excluding carboxylic acids is 1. The second kappa shape index (κ2) is 7.94. The van der Waals surface area contributed by atoms with Crippen LogP contribution in [-0.4, -0.2) is 25.7 Å². The van der Waals surface area contributed by atoms with Gasteiger partial charge in [0.1, 0.15) is 0 Å². The fourth-order valence-electron chi connectivity index (χ4n) is 1.27. The number of rotatable bonds is 8. The summed E-state index contributed by atoms with van der Waals surface area (Å²) in [5.74, 6) is 0. The third-order valence-corrected chi connectivity index (χ3v) is 2.31. The van der Waals surface area contributed by atoms with Crippen LogP contribution >= 0.6 is 0 Å². The van der Waals surface area contributed by atoms with Gasteiger partial charge in [-0.05, 0) is 33.2 Å². The van der Waals surface area contributed by atoms with Gasteiger partial charge in [0.2, 0.25) is 0 Å². The van der Waals surface area contributed by atoms with Crippen molar-refractivity contribution in [3.8, 4) is 6.07 Å². The van der Waals surface area contributed by atoms with Gasteiger partial charge in [0.05, 0.1) is 11.5 Å². The van der Waals surface area contributed by atoms with Crippen molar-refractivity contribution in [1.29, 1.82) is 5.26 Å². The summed E-state index contributed by atoms with van der Waals surface area (Å²) in [7, 11) is 0. The average Bonchev–Trinajstić information content (AvgIpc) is 2.21. The first kappa shape index (κ1) is 14.7. The molecule has 2 amide bonds. The van der Waals surface area contributed by atoms with E-state index in [1.165, 1.54) is 0 Å². The average molecular weight is 226 g/mol. The minimum Gasteiger partial charge on any atom is -0.352 e. The van der Waals surface area contributed by atoms with Crippen LogP contribution in [0.1, 0.15) is 33.1 Å². The van der Waals surface area contributed by atoms with Gasteiger partial charge in [-0.3, -0.25) is 0 Å². The maximum absolute atomic E-state index is 10.3. The lowest BCUT2D eigenvalue weighted by atomic mass is 9.89. The predicted molar refractivity (Wildman–Crippen MR) is 63.7 cm³/mol. The van der Waals surface area contributed by atoms with Crippen LogP contribution in [0.15, 0.2) is 0 Å². The summed E-state index contributed by atoms with van der Waals surface area (Å²) < 4.78 is 0. The van der Waals surface area contributed by atoms with Crippen LogP contribution in [0.2, 0.25) is 0 Å². The molecule has 0 heterocycles. The minimum atomic E-state index is -0.488. The van der Waals surface area contributed by atoms with E-state index >= 15 is 0 Å². The Labute approximate surface area is 97.4 Å². The number of hydrogen-bond acceptors (Lipinski definition) is 3. The zero-order chi connectivity index (χ0) is 12.4. The van der Waals surface area contributed by atoms with Crippen molar-refractivity contribution in [2.75, 3.05) is 19.6 Å². The highest BCUT2D eigenvalue weighted by atomic mass is 16.2. The zero-order valence-electron chi connectivity index (χ0n) is 10.2. The van der Waals surface area contributed by atoms with Gasteiger partial charge in [0.25, 0.3) is 0 Å². The smallest absolute Gasteiger partial charge is 0.312 e. The highest BCUT2D eigenvalue weighted by molar-refractivity contribution is 5.71. The van der Waals surface area contributed by atoms with Crippen molar-refractivity contribution in [2.24, 2.45) is 11.1 Å². The van der Waals surface area contributed by atoms with E-state index < -0.39 is 6.03 Å². The van der Waals surface area contributed by atoms with E-state index in [-0.39, 0.29) is 5.41 Å². The van der Waals surface area contributed by atoms with Gasteiger partial charge >= 0.3 is 6.03 Å². The topological polar surface area (TPSA) is 90.9 Å². The molecule has 92 valence electrons. The molecule has 4 N–H and O–H groups in total. The molecule has 0 saturated heterocycles. The standard InChI is InChI=1S/C11H22N4O/c1-11(2,9-12)5-3-4-6-14-7-8-15-10(13)16/h14H,3-8H2,1-2H3,(H3,13,15,16). The maximum atomic E-state index is 10.3. The molecule has 0 atom stereocenters. The highest BCUT2D eigenvalue weighted by Gasteiger charge is 2.14. The summed E-state index contributed by atoms with van der Waals surface area (Å²) in [6.07, 6.45) is 3.00. The molecule has 0 aromatic carbocycles. The number of primary amides is 1. The third kappa shape index (κ3) is 9.28. The number of urea groups is 1. The van der Waals surface area contributed by atoms with Gasteiger partial charge in [-0.2, -0.15) is 5.26 Å². The molecule has 5 heteroatoms. The molecule has 16 heavy (non-hydrogen) atoms. The minimum absolute atomic E-state index is 0.215. The fourth-order valence-corrected chi connectivity index (χ4v) is 1.27.